The van der Waals surface area contributed by atoms with Crippen LogP contribution in [0.5, 0.6) is 5.75 Å². The molecular formula is C13H13FN2O2. The fourth-order valence-electron chi connectivity index (χ4n) is 1.60. The van der Waals surface area contributed by atoms with Crippen LogP contribution in [0.4, 0.5) is 4.39 Å². The molecule has 94 valence electrons. The van der Waals surface area contributed by atoms with Gasteiger partial charge in [0.1, 0.15) is 18.2 Å². The first-order valence-corrected chi connectivity index (χ1v) is 5.48. The molecule has 0 spiro atoms. The predicted molar refractivity (Wildman–Crippen MR) is 63.9 cm³/mol. The number of ether oxygens (including phenoxy) is 1. The van der Waals surface area contributed by atoms with E-state index < -0.39 is 5.82 Å². The van der Waals surface area contributed by atoms with E-state index in [2.05, 4.69) is 5.10 Å². The minimum atomic E-state index is -0.453. The van der Waals surface area contributed by atoms with E-state index in [0.717, 1.165) is 5.69 Å². The first-order valence-electron chi connectivity index (χ1n) is 5.48. The fourth-order valence-corrected chi connectivity index (χ4v) is 1.60. The lowest BCUT2D eigenvalue weighted by atomic mass is 10.1. The molecule has 0 amide bonds. The van der Waals surface area contributed by atoms with Crippen molar-refractivity contribution in [1.29, 1.82) is 0 Å². The molecule has 1 heterocycles. The lowest BCUT2D eigenvalue weighted by Gasteiger charge is -2.08. The van der Waals surface area contributed by atoms with Gasteiger partial charge in [0.05, 0.1) is 11.3 Å². The van der Waals surface area contributed by atoms with Gasteiger partial charge in [-0.2, -0.15) is 5.10 Å². The zero-order valence-electron chi connectivity index (χ0n) is 10.2. The van der Waals surface area contributed by atoms with Gasteiger partial charge in [-0.25, -0.2) is 4.39 Å². The van der Waals surface area contributed by atoms with Crippen LogP contribution in [0.25, 0.3) is 0 Å². The van der Waals surface area contributed by atoms with Crippen molar-refractivity contribution in [2.75, 3.05) is 0 Å². The van der Waals surface area contributed by atoms with Crippen LogP contribution in [-0.4, -0.2) is 15.6 Å². The molecule has 18 heavy (non-hydrogen) atoms. The topological polar surface area (TPSA) is 44.1 Å². The number of hydrogen-bond donors (Lipinski definition) is 0. The number of rotatable bonds is 4. The molecular weight excluding hydrogens is 235 g/mol. The number of hydrogen-bond acceptors (Lipinski definition) is 3. The van der Waals surface area contributed by atoms with Crippen LogP contribution in [0.15, 0.2) is 30.5 Å². The van der Waals surface area contributed by atoms with E-state index in [0.29, 0.717) is 5.75 Å². The van der Waals surface area contributed by atoms with E-state index >= 15 is 0 Å². The summed E-state index contributed by atoms with van der Waals surface area (Å²) in [5.41, 5.74) is 0.988. The second-order valence-electron chi connectivity index (χ2n) is 3.97. The third-order valence-corrected chi connectivity index (χ3v) is 2.47. The van der Waals surface area contributed by atoms with Crippen molar-refractivity contribution >= 4 is 5.78 Å². The summed E-state index contributed by atoms with van der Waals surface area (Å²) >= 11 is 0. The Morgan fingerprint density at radius 1 is 1.44 bits per heavy atom. The van der Waals surface area contributed by atoms with E-state index in [-0.39, 0.29) is 18.0 Å². The van der Waals surface area contributed by atoms with Gasteiger partial charge in [-0.3, -0.25) is 9.48 Å². The van der Waals surface area contributed by atoms with E-state index in [1.807, 2.05) is 13.1 Å². The SMILES string of the molecule is CC(=O)c1cc(F)ccc1OCc1ccn(C)n1. The molecule has 0 radical (unpaired) electrons. The van der Waals surface area contributed by atoms with Gasteiger partial charge in [0.15, 0.2) is 5.78 Å². The number of halogens is 1. The molecule has 0 unspecified atom stereocenters. The third-order valence-electron chi connectivity index (χ3n) is 2.47. The van der Waals surface area contributed by atoms with Crippen LogP contribution < -0.4 is 4.74 Å². The number of benzene rings is 1. The summed E-state index contributed by atoms with van der Waals surface area (Å²) in [6.45, 7) is 1.62. The molecule has 4 nitrogen and oxygen atoms in total. The van der Waals surface area contributed by atoms with Crippen molar-refractivity contribution in [3.05, 3.63) is 47.5 Å². The Bertz CT molecular complexity index is 578. The van der Waals surface area contributed by atoms with Crippen LogP contribution in [0.1, 0.15) is 23.0 Å². The molecule has 0 atom stereocenters. The number of aryl methyl sites for hydroxylation is 1. The normalized spacial score (nSPS) is 10.4. The van der Waals surface area contributed by atoms with Crippen molar-refractivity contribution in [3.63, 3.8) is 0 Å². The third kappa shape index (κ3) is 2.74. The van der Waals surface area contributed by atoms with Crippen molar-refractivity contribution in [3.8, 4) is 5.75 Å². The number of carbonyl (C=O) groups is 1. The van der Waals surface area contributed by atoms with Gasteiger partial charge in [-0.1, -0.05) is 0 Å². The summed E-state index contributed by atoms with van der Waals surface area (Å²) in [5, 5.41) is 4.15. The Kier molecular flexibility index (Phi) is 3.41. The second kappa shape index (κ2) is 5.00. The molecule has 1 aromatic heterocycles. The molecule has 1 aromatic carbocycles. The molecule has 0 saturated heterocycles. The predicted octanol–water partition coefficient (Wildman–Crippen LogP) is 2.34. The van der Waals surface area contributed by atoms with Crippen LogP contribution in [0, 0.1) is 5.82 Å². The van der Waals surface area contributed by atoms with Crippen LogP contribution in [-0.2, 0) is 13.7 Å². The zero-order valence-corrected chi connectivity index (χ0v) is 10.2. The van der Waals surface area contributed by atoms with Crippen molar-refractivity contribution in [1.82, 2.24) is 9.78 Å². The molecule has 0 aliphatic rings. The van der Waals surface area contributed by atoms with E-state index in [4.69, 9.17) is 4.74 Å². The van der Waals surface area contributed by atoms with Gasteiger partial charge in [-0.15, -0.1) is 0 Å². The molecule has 0 aliphatic carbocycles. The molecule has 2 aromatic rings. The highest BCUT2D eigenvalue weighted by molar-refractivity contribution is 5.96. The summed E-state index contributed by atoms with van der Waals surface area (Å²) in [6, 6.07) is 5.71. The highest BCUT2D eigenvalue weighted by atomic mass is 19.1. The quantitative estimate of drug-likeness (QED) is 0.780. The van der Waals surface area contributed by atoms with E-state index in [1.54, 1.807) is 10.9 Å². The van der Waals surface area contributed by atoms with Crippen molar-refractivity contribution in [2.45, 2.75) is 13.5 Å². The Hall–Kier alpha value is -2.17. The highest BCUT2D eigenvalue weighted by Crippen LogP contribution is 2.21. The first kappa shape index (κ1) is 12.3. The van der Waals surface area contributed by atoms with Crippen molar-refractivity contribution < 1.29 is 13.9 Å². The molecule has 5 heteroatoms. The Morgan fingerprint density at radius 2 is 2.22 bits per heavy atom. The van der Waals surface area contributed by atoms with Gasteiger partial charge in [-0.05, 0) is 31.2 Å². The molecule has 0 saturated carbocycles. The zero-order chi connectivity index (χ0) is 13.1. The summed E-state index contributed by atoms with van der Waals surface area (Å²) in [5.74, 6) is -0.314. The number of aromatic nitrogens is 2. The van der Waals surface area contributed by atoms with Crippen LogP contribution >= 0.6 is 0 Å². The standard InChI is InChI=1S/C13H13FN2O2/c1-9(17)12-7-10(14)3-4-13(12)18-8-11-5-6-16(2)15-11/h3-7H,8H2,1-2H3. The van der Waals surface area contributed by atoms with Crippen molar-refractivity contribution in [2.24, 2.45) is 7.05 Å². The summed E-state index contributed by atoms with van der Waals surface area (Å²) in [6.07, 6.45) is 1.80. The van der Waals surface area contributed by atoms with E-state index in [9.17, 15) is 9.18 Å². The minimum Gasteiger partial charge on any atom is -0.486 e. The second-order valence-corrected chi connectivity index (χ2v) is 3.97. The molecule has 0 bridgehead atoms. The van der Waals surface area contributed by atoms with Crippen LogP contribution in [0.2, 0.25) is 0 Å². The van der Waals surface area contributed by atoms with Gasteiger partial charge in [0.25, 0.3) is 0 Å². The maximum Gasteiger partial charge on any atom is 0.163 e. The smallest absolute Gasteiger partial charge is 0.163 e. The number of nitrogens with zero attached hydrogens (tertiary/aromatic N) is 2. The van der Waals surface area contributed by atoms with Gasteiger partial charge in [0, 0.05) is 13.2 Å². The summed E-state index contributed by atoms with van der Waals surface area (Å²) in [4.78, 5) is 11.4. The molecule has 0 N–H and O–H groups in total. The average molecular weight is 248 g/mol. The molecule has 0 aliphatic heterocycles. The van der Waals surface area contributed by atoms with Gasteiger partial charge < -0.3 is 4.74 Å². The van der Waals surface area contributed by atoms with Gasteiger partial charge in [0.2, 0.25) is 0 Å². The lowest BCUT2D eigenvalue weighted by molar-refractivity contribution is 0.101. The number of Topliss-reactive ketones (excluding diaryl/α,β-unsaturated/α-hetero) is 1. The monoisotopic (exact) mass is 248 g/mol. The number of carbonyl (C=O) groups excluding carboxylic acids is 1. The summed E-state index contributed by atoms with van der Waals surface area (Å²) < 4.78 is 20.2. The average Bonchev–Trinajstić information content (AvgIpc) is 2.73. The van der Waals surface area contributed by atoms with Crippen LogP contribution in [0.3, 0.4) is 0 Å². The molecule has 0 fully saturated rings. The lowest BCUT2D eigenvalue weighted by Crippen LogP contribution is -2.03. The Labute approximate surface area is 104 Å². The maximum atomic E-state index is 13.1. The van der Waals surface area contributed by atoms with E-state index in [1.165, 1.54) is 25.1 Å². The Balaban J connectivity index is 2.16. The first-order chi connectivity index (χ1) is 8.56. The maximum absolute atomic E-state index is 13.1. The highest BCUT2D eigenvalue weighted by Gasteiger charge is 2.10. The fraction of sp³-hybridized carbons (Fsp3) is 0.231. The summed E-state index contributed by atoms with van der Waals surface area (Å²) in [7, 11) is 1.81. The minimum absolute atomic E-state index is 0.231. The Morgan fingerprint density at radius 3 is 2.83 bits per heavy atom. The largest absolute Gasteiger partial charge is 0.486 e. The number of ketones is 1. The van der Waals surface area contributed by atoms with Gasteiger partial charge >= 0.3 is 0 Å². The molecule has 2 rings (SSSR count).